The Morgan fingerprint density at radius 2 is 1.96 bits per heavy atom. The molecule has 0 unspecified atom stereocenters. The number of hydrogen-bond donors (Lipinski definition) is 2. The number of benzene rings is 1. The summed E-state index contributed by atoms with van der Waals surface area (Å²) in [6, 6.07) is 9.92. The number of furan rings is 1. The van der Waals surface area contributed by atoms with E-state index >= 15 is 0 Å². The summed E-state index contributed by atoms with van der Waals surface area (Å²) in [5.74, 6) is 0.418. The van der Waals surface area contributed by atoms with Crippen LogP contribution in [-0.2, 0) is 16.1 Å². The minimum atomic E-state index is -0.693. The van der Waals surface area contributed by atoms with E-state index in [0.29, 0.717) is 17.4 Å². The Kier molecular flexibility index (Phi) is 5.59. The van der Waals surface area contributed by atoms with Crippen molar-refractivity contribution in [3.8, 4) is 0 Å². The van der Waals surface area contributed by atoms with Crippen LogP contribution in [0.1, 0.15) is 43.9 Å². The Balaban J connectivity index is 1.50. The summed E-state index contributed by atoms with van der Waals surface area (Å²) < 4.78 is 5.18. The van der Waals surface area contributed by atoms with Gasteiger partial charge in [0.05, 0.1) is 12.8 Å². The topological polar surface area (TPSA) is 91.7 Å². The molecule has 2 N–H and O–H groups in total. The minimum Gasteiger partial charge on any atom is -0.467 e. The Hall–Kier alpha value is -3.09. The summed E-state index contributed by atoms with van der Waals surface area (Å²) in [6.07, 6.45) is 1.87. The van der Waals surface area contributed by atoms with Gasteiger partial charge in [-0.3, -0.25) is 14.5 Å². The summed E-state index contributed by atoms with van der Waals surface area (Å²) in [5, 5.41) is 5.44. The van der Waals surface area contributed by atoms with Gasteiger partial charge in [0.25, 0.3) is 5.91 Å². The SMILES string of the molecule is CC(C)c1ccc(NC(=O)CC[C@@H]2NC(=O)N(Cc3ccco3)C2=O)cc1. The molecule has 1 aliphatic rings. The highest BCUT2D eigenvalue weighted by molar-refractivity contribution is 6.04. The molecule has 7 heteroatoms. The molecular formula is C20H23N3O4. The monoisotopic (exact) mass is 369 g/mol. The molecule has 3 rings (SSSR count). The van der Waals surface area contributed by atoms with Crippen LogP contribution in [0, 0.1) is 0 Å². The van der Waals surface area contributed by atoms with Crippen molar-refractivity contribution in [1.82, 2.24) is 10.2 Å². The number of amides is 4. The van der Waals surface area contributed by atoms with E-state index in [1.165, 1.54) is 11.8 Å². The van der Waals surface area contributed by atoms with Gasteiger partial charge in [0, 0.05) is 12.1 Å². The van der Waals surface area contributed by atoms with Crippen LogP contribution >= 0.6 is 0 Å². The molecule has 2 heterocycles. The van der Waals surface area contributed by atoms with Crippen LogP contribution in [-0.4, -0.2) is 28.8 Å². The fourth-order valence-electron chi connectivity index (χ4n) is 2.93. The molecule has 1 atom stereocenters. The highest BCUT2D eigenvalue weighted by Crippen LogP contribution is 2.18. The zero-order valence-corrected chi connectivity index (χ0v) is 15.4. The predicted molar refractivity (Wildman–Crippen MR) is 100.0 cm³/mol. The van der Waals surface area contributed by atoms with Crippen molar-refractivity contribution in [2.45, 2.75) is 45.2 Å². The van der Waals surface area contributed by atoms with Crippen LogP contribution in [0.5, 0.6) is 0 Å². The van der Waals surface area contributed by atoms with Gasteiger partial charge < -0.3 is 15.1 Å². The standard InChI is InChI=1S/C20H23N3O4/c1-13(2)14-5-7-15(8-6-14)21-18(24)10-9-17-19(25)23(20(26)22-17)12-16-4-3-11-27-16/h3-8,11,13,17H,9-10,12H2,1-2H3,(H,21,24)(H,22,26)/t17-/m0/s1. The number of nitrogens with one attached hydrogen (secondary N) is 2. The summed E-state index contributed by atoms with van der Waals surface area (Å²) in [4.78, 5) is 37.6. The first-order chi connectivity index (χ1) is 12.9. The summed E-state index contributed by atoms with van der Waals surface area (Å²) in [5.41, 5.74) is 1.91. The molecular weight excluding hydrogens is 346 g/mol. The third kappa shape index (κ3) is 4.55. The number of hydrogen-bond acceptors (Lipinski definition) is 4. The van der Waals surface area contributed by atoms with E-state index in [1.54, 1.807) is 12.1 Å². The predicted octanol–water partition coefficient (Wildman–Crippen LogP) is 3.24. The lowest BCUT2D eigenvalue weighted by Gasteiger charge is -2.11. The maximum Gasteiger partial charge on any atom is 0.325 e. The van der Waals surface area contributed by atoms with E-state index in [1.807, 2.05) is 24.3 Å². The number of carbonyl (C=O) groups is 3. The van der Waals surface area contributed by atoms with Crippen molar-refractivity contribution >= 4 is 23.5 Å². The first-order valence-corrected chi connectivity index (χ1v) is 8.98. The van der Waals surface area contributed by atoms with Crippen molar-refractivity contribution in [2.24, 2.45) is 0 Å². The number of anilines is 1. The largest absolute Gasteiger partial charge is 0.467 e. The van der Waals surface area contributed by atoms with E-state index in [-0.39, 0.29) is 31.2 Å². The highest BCUT2D eigenvalue weighted by atomic mass is 16.3. The molecule has 7 nitrogen and oxygen atoms in total. The minimum absolute atomic E-state index is 0.0859. The zero-order chi connectivity index (χ0) is 19.4. The number of rotatable bonds is 7. The summed E-state index contributed by atoms with van der Waals surface area (Å²) in [6.45, 7) is 4.30. The molecule has 142 valence electrons. The van der Waals surface area contributed by atoms with E-state index in [0.717, 1.165) is 4.90 Å². The second kappa shape index (κ2) is 8.07. The van der Waals surface area contributed by atoms with Gasteiger partial charge in [-0.25, -0.2) is 4.79 Å². The molecule has 0 radical (unpaired) electrons. The van der Waals surface area contributed by atoms with Crippen molar-refractivity contribution < 1.29 is 18.8 Å². The van der Waals surface area contributed by atoms with E-state index in [4.69, 9.17) is 4.42 Å². The smallest absolute Gasteiger partial charge is 0.325 e. The molecule has 1 aromatic heterocycles. The average Bonchev–Trinajstić information content (AvgIpc) is 3.24. The third-order valence-corrected chi connectivity index (χ3v) is 4.52. The van der Waals surface area contributed by atoms with E-state index in [9.17, 15) is 14.4 Å². The molecule has 0 spiro atoms. The van der Waals surface area contributed by atoms with Crippen molar-refractivity contribution in [3.05, 3.63) is 54.0 Å². The lowest BCUT2D eigenvalue weighted by Crippen LogP contribution is -2.31. The quantitative estimate of drug-likeness (QED) is 0.733. The average molecular weight is 369 g/mol. The van der Waals surface area contributed by atoms with Crippen LogP contribution in [0.25, 0.3) is 0 Å². The first-order valence-electron chi connectivity index (χ1n) is 8.98. The van der Waals surface area contributed by atoms with Gasteiger partial charge in [-0.2, -0.15) is 0 Å². The first kappa shape index (κ1) is 18.7. The number of carbonyl (C=O) groups excluding carboxylic acids is 3. The lowest BCUT2D eigenvalue weighted by atomic mass is 10.0. The maximum atomic E-state index is 12.4. The van der Waals surface area contributed by atoms with Crippen LogP contribution in [0.3, 0.4) is 0 Å². The molecule has 2 aromatic rings. The molecule has 27 heavy (non-hydrogen) atoms. The Morgan fingerprint density at radius 3 is 2.59 bits per heavy atom. The van der Waals surface area contributed by atoms with Crippen molar-refractivity contribution in [3.63, 3.8) is 0 Å². The molecule has 1 aliphatic heterocycles. The van der Waals surface area contributed by atoms with Gasteiger partial charge in [0.1, 0.15) is 11.8 Å². The van der Waals surface area contributed by atoms with Gasteiger partial charge in [-0.05, 0) is 42.2 Å². The molecule has 1 saturated heterocycles. The maximum absolute atomic E-state index is 12.4. The van der Waals surface area contributed by atoms with Crippen LogP contribution in [0.15, 0.2) is 47.1 Å². The Morgan fingerprint density at radius 1 is 1.22 bits per heavy atom. The fourth-order valence-corrected chi connectivity index (χ4v) is 2.93. The third-order valence-electron chi connectivity index (χ3n) is 4.52. The number of urea groups is 1. The van der Waals surface area contributed by atoms with E-state index < -0.39 is 12.1 Å². The summed E-state index contributed by atoms with van der Waals surface area (Å²) >= 11 is 0. The Bertz CT molecular complexity index is 812. The summed E-state index contributed by atoms with van der Waals surface area (Å²) in [7, 11) is 0. The molecule has 0 bridgehead atoms. The fraction of sp³-hybridized carbons (Fsp3) is 0.350. The normalized spacial score (nSPS) is 16.7. The molecule has 4 amide bonds. The molecule has 1 aromatic carbocycles. The van der Waals surface area contributed by atoms with Crippen LogP contribution in [0.2, 0.25) is 0 Å². The van der Waals surface area contributed by atoms with Crippen molar-refractivity contribution in [2.75, 3.05) is 5.32 Å². The second-order valence-electron chi connectivity index (χ2n) is 6.87. The molecule has 1 fully saturated rings. The Labute approximate surface area is 157 Å². The van der Waals surface area contributed by atoms with E-state index in [2.05, 4.69) is 24.5 Å². The molecule has 0 aliphatic carbocycles. The van der Waals surface area contributed by atoms with Crippen molar-refractivity contribution in [1.29, 1.82) is 0 Å². The van der Waals surface area contributed by atoms with Crippen LogP contribution in [0.4, 0.5) is 10.5 Å². The zero-order valence-electron chi connectivity index (χ0n) is 15.4. The van der Waals surface area contributed by atoms with Gasteiger partial charge in [0.2, 0.25) is 5.91 Å². The molecule has 0 saturated carbocycles. The van der Waals surface area contributed by atoms with Crippen LogP contribution < -0.4 is 10.6 Å². The second-order valence-corrected chi connectivity index (χ2v) is 6.87. The lowest BCUT2D eigenvalue weighted by molar-refractivity contribution is -0.128. The van der Waals surface area contributed by atoms with Gasteiger partial charge in [-0.1, -0.05) is 26.0 Å². The highest BCUT2D eigenvalue weighted by Gasteiger charge is 2.38. The van der Waals surface area contributed by atoms with Gasteiger partial charge in [0.15, 0.2) is 0 Å². The van der Waals surface area contributed by atoms with Gasteiger partial charge in [-0.15, -0.1) is 0 Å². The number of imide groups is 1. The van der Waals surface area contributed by atoms with Gasteiger partial charge >= 0.3 is 6.03 Å². The number of nitrogens with zero attached hydrogens (tertiary/aromatic N) is 1.